The van der Waals surface area contributed by atoms with E-state index in [9.17, 15) is 9.90 Å². The van der Waals surface area contributed by atoms with E-state index in [4.69, 9.17) is 9.84 Å². The molecule has 3 heterocycles. The summed E-state index contributed by atoms with van der Waals surface area (Å²) in [5.74, 6) is 0.474. The molecule has 1 saturated heterocycles. The summed E-state index contributed by atoms with van der Waals surface area (Å²) in [7, 11) is 1.58. The summed E-state index contributed by atoms with van der Waals surface area (Å²) >= 11 is 0. The Labute approximate surface area is 145 Å². The van der Waals surface area contributed by atoms with E-state index in [0.717, 1.165) is 29.6 Å². The van der Waals surface area contributed by atoms with E-state index in [1.807, 2.05) is 12.1 Å². The summed E-state index contributed by atoms with van der Waals surface area (Å²) in [4.78, 5) is 21.6. The first-order chi connectivity index (χ1) is 12.1. The summed E-state index contributed by atoms with van der Waals surface area (Å²) in [5, 5.41) is 21.1. The number of carboxylic acid groups (broad SMARTS) is 1. The Hall–Kier alpha value is -2.45. The van der Waals surface area contributed by atoms with E-state index >= 15 is 0 Å². The Morgan fingerprint density at radius 3 is 3.00 bits per heavy atom. The van der Waals surface area contributed by atoms with Crippen molar-refractivity contribution in [1.82, 2.24) is 20.2 Å². The van der Waals surface area contributed by atoms with Crippen LogP contribution in [0.4, 0.5) is 4.79 Å². The Kier molecular flexibility index (Phi) is 5.30. The Bertz CT molecular complexity index is 755. The largest absolute Gasteiger partial charge is 0.481 e. The van der Waals surface area contributed by atoms with Crippen molar-refractivity contribution in [3.05, 3.63) is 30.0 Å². The highest BCUT2D eigenvalue weighted by atomic mass is 16.5. The number of likely N-dealkylation sites (tertiary alicyclic amines) is 1. The van der Waals surface area contributed by atoms with Gasteiger partial charge in [-0.2, -0.15) is 0 Å². The molecule has 3 rings (SSSR count). The van der Waals surface area contributed by atoms with Crippen molar-refractivity contribution in [1.29, 1.82) is 0 Å². The molecule has 8 heteroatoms. The summed E-state index contributed by atoms with van der Waals surface area (Å²) < 4.78 is 5.19. The third kappa shape index (κ3) is 4.15. The van der Waals surface area contributed by atoms with Crippen LogP contribution < -0.4 is 10.1 Å². The van der Waals surface area contributed by atoms with E-state index in [2.05, 4.69) is 20.2 Å². The van der Waals surface area contributed by atoms with E-state index in [1.165, 1.54) is 0 Å². The molecule has 2 aromatic heterocycles. The molecule has 0 bridgehead atoms. The molecule has 0 saturated carbocycles. The fourth-order valence-electron chi connectivity index (χ4n) is 3.20. The topological polar surface area (TPSA) is 108 Å². The molecule has 1 amide bonds. The first-order valence-corrected chi connectivity index (χ1v) is 8.22. The Morgan fingerprint density at radius 2 is 2.24 bits per heavy atom. The number of amides is 1. The lowest BCUT2D eigenvalue weighted by Gasteiger charge is -2.16. The van der Waals surface area contributed by atoms with Gasteiger partial charge in [0.1, 0.15) is 0 Å². The maximum Gasteiger partial charge on any atom is 0.404 e. The van der Waals surface area contributed by atoms with Gasteiger partial charge in [-0.15, -0.1) is 0 Å². The summed E-state index contributed by atoms with van der Waals surface area (Å²) in [5.41, 5.74) is 2.72. The van der Waals surface area contributed by atoms with Gasteiger partial charge in [0.05, 0.1) is 24.2 Å². The quantitative estimate of drug-likeness (QED) is 0.708. The monoisotopic (exact) mass is 346 g/mol. The normalized spacial score (nSPS) is 20.7. The third-order valence-corrected chi connectivity index (χ3v) is 4.55. The fourth-order valence-corrected chi connectivity index (χ4v) is 3.20. The van der Waals surface area contributed by atoms with Gasteiger partial charge >= 0.3 is 6.09 Å². The molecule has 0 radical (unpaired) electrons. The number of aromatic nitrogens is 2. The van der Waals surface area contributed by atoms with Gasteiger partial charge in [0.15, 0.2) is 0 Å². The average Bonchev–Trinajstić information content (AvgIpc) is 2.97. The van der Waals surface area contributed by atoms with E-state index in [-0.39, 0.29) is 12.5 Å². The first kappa shape index (κ1) is 17.4. The molecular formula is C17H22N4O4. The highest BCUT2D eigenvalue weighted by Gasteiger charge is 2.31. The molecule has 2 aromatic rings. The van der Waals surface area contributed by atoms with Crippen molar-refractivity contribution in [2.45, 2.75) is 12.5 Å². The summed E-state index contributed by atoms with van der Waals surface area (Å²) in [6.45, 7) is 2.25. The number of ether oxygens (including phenoxy) is 1. The molecule has 8 nitrogen and oxygen atoms in total. The predicted octanol–water partition coefficient (Wildman–Crippen LogP) is 0.741. The molecule has 2 atom stereocenters. The molecule has 1 fully saturated rings. The maximum absolute atomic E-state index is 10.6. The maximum atomic E-state index is 10.6. The third-order valence-electron chi connectivity index (χ3n) is 4.55. The zero-order chi connectivity index (χ0) is 17.8. The minimum atomic E-state index is -1.06. The number of nitrogens with one attached hydrogen (secondary N) is 1. The standard InChI is InChI=1S/C17H22N4O4/c1-25-15-3-2-13-16(20-15)11(4-6-18-13)5-7-21-9-12(14(22)10-21)8-19-17(23)24/h2-4,6,12,14,19,22H,5,7-10H2,1H3,(H,23,24)/t12-,14+/m0/s1. The lowest BCUT2D eigenvalue weighted by atomic mass is 10.1. The van der Waals surface area contributed by atoms with Gasteiger partial charge in [0.2, 0.25) is 5.88 Å². The highest BCUT2D eigenvalue weighted by molar-refractivity contribution is 5.78. The predicted molar refractivity (Wildman–Crippen MR) is 91.8 cm³/mol. The first-order valence-electron chi connectivity index (χ1n) is 8.22. The van der Waals surface area contributed by atoms with Gasteiger partial charge in [0, 0.05) is 44.4 Å². The van der Waals surface area contributed by atoms with Crippen molar-refractivity contribution < 1.29 is 19.7 Å². The van der Waals surface area contributed by atoms with Crippen molar-refractivity contribution in [2.24, 2.45) is 5.92 Å². The number of methoxy groups -OCH3 is 1. The van der Waals surface area contributed by atoms with Crippen LogP contribution >= 0.6 is 0 Å². The molecule has 1 aliphatic heterocycles. The minimum Gasteiger partial charge on any atom is -0.481 e. The number of hydrogen-bond acceptors (Lipinski definition) is 6. The smallest absolute Gasteiger partial charge is 0.404 e. The minimum absolute atomic E-state index is 0.0801. The number of pyridine rings is 2. The molecule has 1 aliphatic rings. The summed E-state index contributed by atoms with van der Waals surface area (Å²) in [6.07, 6.45) is 0.961. The number of rotatable bonds is 6. The zero-order valence-corrected chi connectivity index (χ0v) is 14.1. The van der Waals surface area contributed by atoms with Crippen LogP contribution in [0, 0.1) is 5.92 Å². The second-order valence-electron chi connectivity index (χ2n) is 6.21. The van der Waals surface area contributed by atoms with Crippen LogP contribution in [0.5, 0.6) is 5.88 Å². The van der Waals surface area contributed by atoms with Crippen LogP contribution in [-0.4, -0.2) is 70.6 Å². The van der Waals surface area contributed by atoms with Gasteiger partial charge in [-0.05, 0) is 24.1 Å². The second kappa shape index (κ2) is 7.62. The molecule has 134 valence electrons. The van der Waals surface area contributed by atoms with Gasteiger partial charge in [-0.1, -0.05) is 0 Å². The number of aliphatic hydroxyl groups is 1. The molecule has 0 spiro atoms. The molecule has 25 heavy (non-hydrogen) atoms. The highest BCUT2D eigenvalue weighted by Crippen LogP contribution is 2.21. The van der Waals surface area contributed by atoms with Gasteiger partial charge in [-0.3, -0.25) is 9.88 Å². The number of aliphatic hydroxyl groups excluding tert-OH is 1. The van der Waals surface area contributed by atoms with Crippen LogP contribution in [0.25, 0.3) is 11.0 Å². The van der Waals surface area contributed by atoms with E-state index in [1.54, 1.807) is 19.4 Å². The van der Waals surface area contributed by atoms with Crippen LogP contribution in [0.3, 0.4) is 0 Å². The fraction of sp³-hybridized carbons (Fsp3) is 0.471. The number of nitrogens with zero attached hydrogens (tertiary/aromatic N) is 3. The van der Waals surface area contributed by atoms with Gasteiger partial charge in [0.25, 0.3) is 0 Å². The summed E-state index contributed by atoms with van der Waals surface area (Å²) in [6, 6.07) is 5.62. The molecular weight excluding hydrogens is 324 g/mol. The van der Waals surface area contributed by atoms with Crippen molar-refractivity contribution in [2.75, 3.05) is 33.3 Å². The van der Waals surface area contributed by atoms with E-state index in [0.29, 0.717) is 19.0 Å². The lowest BCUT2D eigenvalue weighted by molar-refractivity contribution is 0.138. The Morgan fingerprint density at radius 1 is 1.40 bits per heavy atom. The SMILES string of the molecule is COc1ccc2nccc(CCN3C[C@H](CNC(=O)O)[C@H](O)C3)c2n1. The van der Waals surface area contributed by atoms with Gasteiger partial charge < -0.3 is 20.3 Å². The van der Waals surface area contributed by atoms with Crippen LogP contribution in [0.15, 0.2) is 24.4 Å². The average molecular weight is 346 g/mol. The van der Waals surface area contributed by atoms with Gasteiger partial charge in [-0.25, -0.2) is 9.78 Å². The van der Waals surface area contributed by atoms with Crippen molar-refractivity contribution in [3.63, 3.8) is 0 Å². The van der Waals surface area contributed by atoms with E-state index < -0.39 is 12.2 Å². The molecule has 3 N–H and O–H groups in total. The van der Waals surface area contributed by atoms with Crippen molar-refractivity contribution >= 4 is 17.1 Å². The molecule has 0 aliphatic carbocycles. The lowest BCUT2D eigenvalue weighted by Crippen LogP contribution is -2.33. The Balaban J connectivity index is 1.64. The molecule has 0 aromatic carbocycles. The second-order valence-corrected chi connectivity index (χ2v) is 6.21. The number of carbonyl (C=O) groups is 1. The molecule has 0 unspecified atom stereocenters. The number of β-amino-alcohol motifs (C(OH)–C–C–N with tert-alkyl or cyclic N) is 1. The number of fused-ring (bicyclic) bond motifs is 1. The van der Waals surface area contributed by atoms with Crippen LogP contribution in [0.2, 0.25) is 0 Å². The zero-order valence-electron chi connectivity index (χ0n) is 14.1. The number of hydrogen-bond donors (Lipinski definition) is 3. The van der Waals surface area contributed by atoms with Crippen molar-refractivity contribution in [3.8, 4) is 5.88 Å². The van der Waals surface area contributed by atoms with Crippen LogP contribution in [-0.2, 0) is 6.42 Å². The van der Waals surface area contributed by atoms with Crippen LogP contribution in [0.1, 0.15) is 5.56 Å².